The van der Waals surface area contributed by atoms with Crippen LogP contribution in [0.1, 0.15) is 37.8 Å². The number of likely N-dealkylation sites (N-methyl/N-ethyl adjacent to an activating group) is 1. The molecular weight excluding hydrogens is 326 g/mol. The Kier molecular flexibility index (Phi) is 7.14. The first-order valence-corrected chi connectivity index (χ1v) is 9.99. The number of para-hydroxylation sites is 1. The van der Waals surface area contributed by atoms with Crippen molar-refractivity contribution < 1.29 is 4.74 Å². The van der Waals surface area contributed by atoms with Crippen molar-refractivity contribution in [1.29, 1.82) is 0 Å². The molecule has 1 aromatic rings. The summed E-state index contributed by atoms with van der Waals surface area (Å²) in [5.41, 5.74) is 7.27. The van der Waals surface area contributed by atoms with Crippen LogP contribution >= 0.6 is 0 Å². The lowest BCUT2D eigenvalue weighted by molar-refractivity contribution is 0.136. The molecule has 0 radical (unpaired) electrons. The number of rotatable bonds is 7. The Bertz CT molecular complexity index is 583. The zero-order valence-electron chi connectivity index (χ0n) is 16.0. The van der Waals surface area contributed by atoms with Crippen LogP contribution in [0.5, 0.6) is 5.75 Å². The molecule has 3 N–H and O–H groups in total. The fourth-order valence-corrected chi connectivity index (χ4v) is 3.69. The number of nitrogens with one attached hydrogen (secondary N) is 1. The van der Waals surface area contributed by atoms with E-state index in [1.807, 2.05) is 18.2 Å². The number of unbranched alkanes of at least 4 members (excludes halogenated alkanes) is 1. The van der Waals surface area contributed by atoms with E-state index in [-0.39, 0.29) is 6.04 Å². The van der Waals surface area contributed by atoms with Crippen molar-refractivity contribution in [2.45, 2.75) is 32.2 Å². The summed E-state index contributed by atoms with van der Waals surface area (Å²) in [5.74, 6) is 1.50. The molecule has 0 spiro atoms. The molecule has 0 aromatic heterocycles. The van der Waals surface area contributed by atoms with Crippen LogP contribution < -0.4 is 15.8 Å². The van der Waals surface area contributed by atoms with Crippen LogP contribution in [0.2, 0.25) is 0 Å². The van der Waals surface area contributed by atoms with Gasteiger partial charge >= 0.3 is 0 Å². The molecular formula is C20H33N5O. The second-order valence-corrected chi connectivity index (χ2v) is 7.12. The number of fused-ring (bicyclic) bond motifs is 1. The maximum absolute atomic E-state index is 6.10. The second kappa shape index (κ2) is 9.78. The lowest BCUT2D eigenvalue weighted by Gasteiger charge is -2.33. The summed E-state index contributed by atoms with van der Waals surface area (Å²) in [6.07, 6.45) is 3.18. The molecule has 0 saturated carbocycles. The average molecular weight is 360 g/mol. The predicted octanol–water partition coefficient (Wildman–Crippen LogP) is 1.83. The van der Waals surface area contributed by atoms with Crippen molar-refractivity contribution in [3.63, 3.8) is 0 Å². The van der Waals surface area contributed by atoms with E-state index in [0.717, 1.165) is 25.1 Å². The van der Waals surface area contributed by atoms with Gasteiger partial charge in [0.1, 0.15) is 5.75 Å². The summed E-state index contributed by atoms with van der Waals surface area (Å²) in [4.78, 5) is 9.60. The minimum Gasteiger partial charge on any atom is -0.493 e. The normalized spacial score (nSPS) is 21.9. The zero-order valence-corrected chi connectivity index (χ0v) is 16.0. The Morgan fingerprint density at radius 3 is 2.77 bits per heavy atom. The zero-order chi connectivity index (χ0) is 18.2. The van der Waals surface area contributed by atoms with Gasteiger partial charge < -0.3 is 25.6 Å². The number of nitrogens with zero attached hydrogens (tertiary/aromatic N) is 3. The first-order chi connectivity index (χ1) is 12.8. The van der Waals surface area contributed by atoms with Crippen LogP contribution in [-0.2, 0) is 0 Å². The molecule has 1 aromatic carbocycles. The third-order valence-corrected chi connectivity index (χ3v) is 5.36. The highest BCUT2D eigenvalue weighted by atomic mass is 16.5. The van der Waals surface area contributed by atoms with Crippen molar-refractivity contribution >= 4 is 5.96 Å². The van der Waals surface area contributed by atoms with Gasteiger partial charge in [-0.05, 0) is 32.0 Å². The van der Waals surface area contributed by atoms with E-state index < -0.39 is 0 Å². The summed E-state index contributed by atoms with van der Waals surface area (Å²) in [7, 11) is 0. The van der Waals surface area contributed by atoms with E-state index in [0.29, 0.717) is 12.6 Å². The van der Waals surface area contributed by atoms with Gasteiger partial charge in [0.05, 0.1) is 12.6 Å². The first kappa shape index (κ1) is 19.0. The number of hydrogen-bond acceptors (Lipinski definition) is 4. The van der Waals surface area contributed by atoms with E-state index in [9.17, 15) is 0 Å². The van der Waals surface area contributed by atoms with Crippen molar-refractivity contribution in [3.8, 4) is 5.75 Å². The van der Waals surface area contributed by atoms with Gasteiger partial charge in [-0.1, -0.05) is 25.1 Å². The summed E-state index contributed by atoms with van der Waals surface area (Å²) in [5, 5.41) is 3.36. The van der Waals surface area contributed by atoms with Crippen LogP contribution in [0.4, 0.5) is 0 Å². The van der Waals surface area contributed by atoms with E-state index in [2.05, 4.69) is 33.1 Å². The molecule has 1 atom stereocenters. The summed E-state index contributed by atoms with van der Waals surface area (Å²) < 4.78 is 5.69. The molecule has 2 aliphatic rings. The molecule has 0 aliphatic carbocycles. The average Bonchev–Trinajstić information content (AvgIpc) is 2.68. The third-order valence-electron chi connectivity index (χ3n) is 5.36. The summed E-state index contributed by atoms with van der Waals surface area (Å²) in [6.45, 7) is 10.9. The molecule has 3 rings (SSSR count). The standard InChI is InChI=1S/C20H33N5O/c1-2-24-12-14-25(15-13-24)11-6-5-10-22-20(21)23-18-9-16-26-19-8-4-3-7-17(18)19/h3-4,7-8,18H,2,5-6,9-16H2,1H3,(H3,21,22,23). The van der Waals surface area contributed by atoms with Crippen LogP contribution in [-0.4, -0.2) is 68.2 Å². The lowest BCUT2D eigenvalue weighted by Crippen LogP contribution is -2.46. The highest BCUT2D eigenvalue weighted by Gasteiger charge is 2.21. The van der Waals surface area contributed by atoms with Crippen LogP contribution in [0.15, 0.2) is 29.3 Å². The summed E-state index contributed by atoms with van der Waals surface area (Å²) >= 11 is 0. The monoisotopic (exact) mass is 359 g/mol. The van der Waals surface area contributed by atoms with Gasteiger partial charge in [-0.2, -0.15) is 0 Å². The van der Waals surface area contributed by atoms with Crippen molar-refractivity contribution in [2.75, 3.05) is 52.4 Å². The van der Waals surface area contributed by atoms with E-state index in [1.54, 1.807) is 0 Å². The molecule has 144 valence electrons. The number of guanidine groups is 1. The quantitative estimate of drug-likeness (QED) is 0.442. The van der Waals surface area contributed by atoms with Crippen LogP contribution in [0.25, 0.3) is 0 Å². The number of hydrogen-bond donors (Lipinski definition) is 2. The highest BCUT2D eigenvalue weighted by Crippen LogP contribution is 2.31. The first-order valence-electron chi connectivity index (χ1n) is 9.99. The van der Waals surface area contributed by atoms with Gasteiger partial charge in [0.2, 0.25) is 0 Å². The Hall–Kier alpha value is -1.79. The SMILES string of the molecule is CCN1CCN(CCCCN=C(N)NC2CCOc3ccccc32)CC1. The van der Waals surface area contributed by atoms with Crippen molar-refractivity contribution in [3.05, 3.63) is 29.8 Å². The smallest absolute Gasteiger partial charge is 0.189 e. The Balaban J connectivity index is 1.35. The third kappa shape index (κ3) is 5.35. The molecule has 26 heavy (non-hydrogen) atoms. The van der Waals surface area contributed by atoms with Gasteiger partial charge in [-0.15, -0.1) is 0 Å². The largest absolute Gasteiger partial charge is 0.493 e. The van der Waals surface area contributed by atoms with Crippen LogP contribution in [0, 0.1) is 0 Å². The Morgan fingerprint density at radius 1 is 1.19 bits per heavy atom. The topological polar surface area (TPSA) is 66.1 Å². The number of aliphatic imine (C=N–C) groups is 1. The molecule has 0 bridgehead atoms. The Morgan fingerprint density at radius 2 is 1.96 bits per heavy atom. The molecule has 1 unspecified atom stereocenters. The molecule has 0 amide bonds. The number of piperazine rings is 1. The summed E-state index contributed by atoms with van der Waals surface area (Å²) in [6, 6.07) is 8.34. The fraction of sp³-hybridized carbons (Fsp3) is 0.650. The van der Waals surface area contributed by atoms with Gasteiger partial charge in [0, 0.05) is 44.7 Å². The molecule has 1 fully saturated rings. The maximum Gasteiger partial charge on any atom is 0.189 e. The second-order valence-electron chi connectivity index (χ2n) is 7.12. The van der Waals surface area contributed by atoms with E-state index >= 15 is 0 Å². The van der Waals surface area contributed by atoms with Gasteiger partial charge in [-0.3, -0.25) is 4.99 Å². The Labute approximate surface area is 157 Å². The van der Waals surface area contributed by atoms with Crippen LogP contribution in [0.3, 0.4) is 0 Å². The van der Waals surface area contributed by atoms with E-state index in [1.165, 1.54) is 51.3 Å². The lowest BCUT2D eigenvalue weighted by atomic mass is 10.0. The number of nitrogens with two attached hydrogens (primary N) is 1. The fourth-order valence-electron chi connectivity index (χ4n) is 3.69. The number of ether oxygens (including phenoxy) is 1. The molecule has 6 heteroatoms. The number of benzene rings is 1. The van der Waals surface area contributed by atoms with Crippen molar-refractivity contribution in [2.24, 2.45) is 10.7 Å². The highest BCUT2D eigenvalue weighted by molar-refractivity contribution is 5.78. The minimum atomic E-state index is 0.193. The van der Waals surface area contributed by atoms with Gasteiger partial charge in [-0.25, -0.2) is 0 Å². The molecule has 2 aliphatic heterocycles. The molecule has 2 heterocycles. The van der Waals surface area contributed by atoms with Gasteiger partial charge in [0.15, 0.2) is 5.96 Å². The van der Waals surface area contributed by atoms with E-state index in [4.69, 9.17) is 10.5 Å². The minimum absolute atomic E-state index is 0.193. The maximum atomic E-state index is 6.10. The molecule has 6 nitrogen and oxygen atoms in total. The predicted molar refractivity (Wildman–Crippen MR) is 107 cm³/mol. The van der Waals surface area contributed by atoms with Crippen molar-refractivity contribution in [1.82, 2.24) is 15.1 Å². The molecule has 1 saturated heterocycles. The van der Waals surface area contributed by atoms with Gasteiger partial charge in [0.25, 0.3) is 0 Å².